The van der Waals surface area contributed by atoms with Crippen molar-refractivity contribution in [1.82, 2.24) is 15.2 Å². The van der Waals surface area contributed by atoms with Crippen molar-refractivity contribution in [3.8, 4) is 0 Å². The van der Waals surface area contributed by atoms with E-state index >= 15 is 0 Å². The van der Waals surface area contributed by atoms with Crippen molar-refractivity contribution in [2.24, 2.45) is 11.7 Å². The molecule has 0 aliphatic rings. The lowest BCUT2D eigenvalue weighted by atomic mass is 10.1. The molecule has 0 bridgehead atoms. The summed E-state index contributed by atoms with van der Waals surface area (Å²) in [7, 11) is 3.65. The SMILES string of the molecule is CNC(=O)C(C)CN(C)Cc1cccnc1CN. The second-order valence-electron chi connectivity index (χ2n) is 4.53. The zero-order chi connectivity index (χ0) is 13.5. The molecule has 0 aliphatic heterocycles. The molecule has 0 fully saturated rings. The highest BCUT2D eigenvalue weighted by Crippen LogP contribution is 2.09. The van der Waals surface area contributed by atoms with Gasteiger partial charge in [0.1, 0.15) is 0 Å². The Bertz CT molecular complexity index is 394. The lowest BCUT2D eigenvalue weighted by molar-refractivity contribution is -0.124. The van der Waals surface area contributed by atoms with E-state index in [0.717, 1.165) is 17.8 Å². The molecule has 1 atom stereocenters. The van der Waals surface area contributed by atoms with Gasteiger partial charge in [-0.1, -0.05) is 13.0 Å². The van der Waals surface area contributed by atoms with Crippen molar-refractivity contribution in [3.05, 3.63) is 29.6 Å². The first-order chi connectivity index (χ1) is 8.58. The Morgan fingerprint density at radius 2 is 2.33 bits per heavy atom. The van der Waals surface area contributed by atoms with Crippen molar-refractivity contribution in [1.29, 1.82) is 0 Å². The van der Waals surface area contributed by atoms with Crippen LogP contribution in [0.1, 0.15) is 18.2 Å². The van der Waals surface area contributed by atoms with Gasteiger partial charge in [-0.3, -0.25) is 9.78 Å². The summed E-state index contributed by atoms with van der Waals surface area (Å²) in [4.78, 5) is 17.8. The van der Waals surface area contributed by atoms with Crippen molar-refractivity contribution in [2.45, 2.75) is 20.0 Å². The number of carbonyl (C=O) groups is 1. The molecule has 1 amide bonds. The van der Waals surface area contributed by atoms with Crippen molar-refractivity contribution < 1.29 is 4.79 Å². The normalized spacial score (nSPS) is 12.5. The predicted molar refractivity (Wildman–Crippen MR) is 71.7 cm³/mol. The number of hydrogen-bond donors (Lipinski definition) is 2. The summed E-state index contributed by atoms with van der Waals surface area (Å²) in [5, 5.41) is 2.66. The van der Waals surface area contributed by atoms with Crippen molar-refractivity contribution >= 4 is 5.91 Å². The van der Waals surface area contributed by atoms with Crippen molar-refractivity contribution in [2.75, 3.05) is 20.6 Å². The van der Waals surface area contributed by atoms with Crippen LogP contribution < -0.4 is 11.1 Å². The number of aromatic nitrogens is 1. The van der Waals surface area contributed by atoms with E-state index < -0.39 is 0 Å². The van der Waals surface area contributed by atoms with E-state index in [9.17, 15) is 4.79 Å². The van der Waals surface area contributed by atoms with Gasteiger partial charge in [0, 0.05) is 38.8 Å². The Morgan fingerprint density at radius 1 is 1.61 bits per heavy atom. The Balaban J connectivity index is 2.59. The highest BCUT2D eigenvalue weighted by atomic mass is 16.1. The molecule has 1 heterocycles. The van der Waals surface area contributed by atoms with E-state index in [4.69, 9.17) is 5.73 Å². The Morgan fingerprint density at radius 3 is 2.94 bits per heavy atom. The largest absolute Gasteiger partial charge is 0.359 e. The number of nitrogens with two attached hydrogens (primary N) is 1. The minimum Gasteiger partial charge on any atom is -0.359 e. The molecule has 0 aromatic carbocycles. The summed E-state index contributed by atoms with van der Waals surface area (Å²) in [6.45, 7) is 3.82. The summed E-state index contributed by atoms with van der Waals surface area (Å²) in [6, 6.07) is 3.93. The molecule has 0 saturated carbocycles. The number of nitrogens with one attached hydrogen (secondary N) is 1. The molecule has 1 unspecified atom stereocenters. The minimum atomic E-state index is -0.0296. The van der Waals surface area contributed by atoms with E-state index in [2.05, 4.69) is 15.2 Å². The molecule has 0 radical (unpaired) electrons. The minimum absolute atomic E-state index is 0.0296. The molecular weight excluding hydrogens is 228 g/mol. The Hall–Kier alpha value is -1.46. The zero-order valence-electron chi connectivity index (χ0n) is 11.3. The fourth-order valence-corrected chi connectivity index (χ4v) is 1.95. The smallest absolute Gasteiger partial charge is 0.223 e. The van der Waals surface area contributed by atoms with Gasteiger partial charge in [-0.15, -0.1) is 0 Å². The highest BCUT2D eigenvalue weighted by Gasteiger charge is 2.14. The predicted octanol–water partition coefficient (Wildman–Crippen LogP) is 0.354. The molecule has 0 spiro atoms. The van der Waals surface area contributed by atoms with Crippen molar-refractivity contribution in [3.63, 3.8) is 0 Å². The molecule has 1 aromatic heterocycles. The van der Waals surface area contributed by atoms with Crippen LogP contribution in [0.5, 0.6) is 0 Å². The van der Waals surface area contributed by atoms with E-state index in [1.165, 1.54) is 0 Å². The summed E-state index contributed by atoms with van der Waals surface area (Å²) >= 11 is 0. The average molecular weight is 250 g/mol. The van der Waals surface area contributed by atoms with Gasteiger partial charge in [0.25, 0.3) is 0 Å². The maximum Gasteiger partial charge on any atom is 0.223 e. The van der Waals surface area contributed by atoms with E-state index in [0.29, 0.717) is 13.1 Å². The third kappa shape index (κ3) is 4.09. The second kappa shape index (κ2) is 7.08. The first-order valence-corrected chi connectivity index (χ1v) is 6.11. The van der Waals surface area contributed by atoms with Crippen LogP contribution in [-0.4, -0.2) is 36.4 Å². The first-order valence-electron chi connectivity index (χ1n) is 6.11. The van der Waals surface area contributed by atoms with Gasteiger partial charge < -0.3 is 16.0 Å². The number of amides is 1. The van der Waals surface area contributed by atoms with E-state index in [-0.39, 0.29) is 11.8 Å². The number of rotatable bonds is 6. The lowest BCUT2D eigenvalue weighted by Crippen LogP contribution is -2.34. The molecule has 1 rings (SSSR count). The second-order valence-corrected chi connectivity index (χ2v) is 4.53. The molecule has 5 heteroatoms. The number of hydrogen-bond acceptors (Lipinski definition) is 4. The van der Waals surface area contributed by atoms with Crippen LogP contribution in [0.15, 0.2) is 18.3 Å². The quantitative estimate of drug-likeness (QED) is 0.764. The maximum absolute atomic E-state index is 11.5. The van der Waals surface area contributed by atoms with Crippen LogP contribution >= 0.6 is 0 Å². The van der Waals surface area contributed by atoms with Gasteiger partial charge >= 0.3 is 0 Å². The van der Waals surface area contributed by atoms with Gasteiger partial charge in [-0.2, -0.15) is 0 Å². The summed E-state index contributed by atoms with van der Waals surface area (Å²) < 4.78 is 0. The van der Waals surface area contributed by atoms with Gasteiger partial charge in [0.05, 0.1) is 5.69 Å². The highest BCUT2D eigenvalue weighted by molar-refractivity contribution is 5.78. The summed E-state index contributed by atoms with van der Waals surface area (Å²) in [5.74, 6) is 0.0325. The molecule has 1 aromatic rings. The fourth-order valence-electron chi connectivity index (χ4n) is 1.95. The van der Waals surface area contributed by atoms with Gasteiger partial charge in [0.2, 0.25) is 5.91 Å². The number of pyridine rings is 1. The van der Waals surface area contributed by atoms with Gasteiger partial charge in [-0.05, 0) is 18.7 Å². The molecule has 18 heavy (non-hydrogen) atoms. The molecule has 0 saturated heterocycles. The van der Waals surface area contributed by atoms with E-state index in [1.807, 2.05) is 26.1 Å². The maximum atomic E-state index is 11.5. The van der Waals surface area contributed by atoms with Crippen LogP contribution in [0.4, 0.5) is 0 Å². The van der Waals surface area contributed by atoms with Crippen LogP contribution in [0, 0.1) is 5.92 Å². The van der Waals surface area contributed by atoms with Crippen LogP contribution in [-0.2, 0) is 17.9 Å². The molecule has 5 nitrogen and oxygen atoms in total. The topological polar surface area (TPSA) is 71.2 Å². The van der Waals surface area contributed by atoms with Gasteiger partial charge in [0.15, 0.2) is 0 Å². The molecule has 0 aliphatic carbocycles. The molecular formula is C13H22N4O. The number of carbonyl (C=O) groups excluding carboxylic acids is 1. The van der Waals surface area contributed by atoms with Crippen LogP contribution in [0.25, 0.3) is 0 Å². The molecule has 3 N–H and O–H groups in total. The fraction of sp³-hybridized carbons (Fsp3) is 0.538. The summed E-state index contributed by atoms with van der Waals surface area (Å²) in [5.41, 5.74) is 7.68. The third-order valence-electron chi connectivity index (χ3n) is 2.90. The zero-order valence-corrected chi connectivity index (χ0v) is 11.3. The Kier molecular flexibility index (Phi) is 5.74. The lowest BCUT2D eigenvalue weighted by Gasteiger charge is -2.21. The van der Waals surface area contributed by atoms with Crippen LogP contribution in [0.3, 0.4) is 0 Å². The van der Waals surface area contributed by atoms with Gasteiger partial charge in [-0.25, -0.2) is 0 Å². The molecule has 100 valence electrons. The van der Waals surface area contributed by atoms with Crippen LogP contribution in [0.2, 0.25) is 0 Å². The average Bonchev–Trinajstić information content (AvgIpc) is 2.38. The third-order valence-corrected chi connectivity index (χ3v) is 2.90. The first kappa shape index (κ1) is 14.6. The standard InChI is InChI=1S/C13H22N4O/c1-10(13(18)15-2)8-17(3)9-11-5-4-6-16-12(11)7-14/h4-6,10H,7-9,14H2,1-3H3,(H,15,18). The monoisotopic (exact) mass is 250 g/mol. The number of nitrogens with zero attached hydrogens (tertiary/aromatic N) is 2. The van der Waals surface area contributed by atoms with E-state index in [1.54, 1.807) is 13.2 Å². The Labute approximate surface area is 108 Å². The summed E-state index contributed by atoms with van der Waals surface area (Å²) in [6.07, 6.45) is 1.75.